The number of halogens is 3. The van der Waals surface area contributed by atoms with Gasteiger partial charge in [-0.25, -0.2) is 4.98 Å². The highest BCUT2D eigenvalue weighted by molar-refractivity contribution is 6.04. The topological polar surface area (TPSA) is 88.1 Å². The van der Waals surface area contributed by atoms with Crippen LogP contribution in [0, 0.1) is 24.2 Å². The number of amides is 1. The second-order valence-electron chi connectivity index (χ2n) is 9.95. The van der Waals surface area contributed by atoms with E-state index in [9.17, 15) is 18.0 Å². The lowest BCUT2D eigenvalue weighted by atomic mass is 10.0. The van der Waals surface area contributed by atoms with Gasteiger partial charge in [-0.15, -0.1) is 0 Å². The van der Waals surface area contributed by atoms with Crippen LogP contribution in [0.1, 0.15) is 50.6 Å². The van der Waals surface area contributed by atoms with Gasteiger partial charge in [0.2, 0.25) is 0 Å². The number of likely N-dealkylation sites (tertiary alicyclic amines) is 1. The zero-order valence-corrected chi connectivity index (χ0v) is 22.6. The molecule has 2 aromatic carbocycles. The van der Waals surface area contributed by atoms with Crippen LogP contribution in [-0.4, -0.2) is 65.1 Å². The molecule has 0 saturated carbocycles. The number of aromatic nitrogens is 2. The summed E-state index contributed by atoms with van der Waals surface area (Å²) in [4.78, 5) is 24.3. The first-order chi connectivity index (χ1) is 19.0. The van der Waals surface area contributed by atoms with Crippen molar-refractivity contribution in [2.24, 2.45) is 0 Å². The number of H-pyrrole nitrogens is 1. The zero-order valence-electron chi connectivity index (χ0n) is 22.6. The van der Waals surface area contributed by atoms with E-state index >= 15 is 0 Å². The van der Waals surface area contributed by atoms with Crippen molar-refractivity contribution in [3.63, 3.8) is 0 Å². The summed E-state index contributed by atoms with van der Waals surface area (Å²) in [5, 5.41) is 9.65. The number of nitrogens with zero attached hydrogens (tertiary/aromatic N) is 3. The monoisotopic (exact) mass is 548 g/mol. The van der Waals surface area contributed by atoms with E-state index in [2.05, 4.69) is 32.0 Å². The van der Waals surface area contributed by atoms with Gasteiger partial charge >= 0.3 is 6.18 Å². The Morgan fingerprint density at radius 3 is 2.75 bits per heavy atom. The second-order valence-corrected chi connectivity index (χ2v) is 9.95. The number of imidazole rings is 1. The quantitative estimate of drug-likeness (QED) is 0.280. The van der Waals surface area contributed by atoms with Gasteiger partial charge in [-0.1, -0.05) is 18.1 Å². The van der Waals surface area contributed by atoms with E-state index in [0.29, 0.717) is 29.7 Å². The van der Waals surface area contributed by atoms with Crippen LogP contribution in [0.3, 0.4) is 0 Å². The van der Waals surface area contributed by atoms with Crippen LogP contribution in [0.25, 0.3) is 6.08 Å². The number of hydrogen-bond acceptors (Lipinski definition) is 5. The molecule has 2 heterocycles. The van der Waals surface area contributed by atoms with Gasteiger partial charge < -0.3 is 20.6 Å². The fourth-order valence-corrected chi connectivity index (χ4v) is 4.53. The summed E-state index contributed by atoms with van der Waals surface area (Å²) in [6.45, 7) is 3.50. The standard InChI is InChI=1S/C30H31F3N6O/c1-20-6-7-22(15-21(20)8-11-25-17-35-28(36-25)5-4-13-34)29(40)37-24-10-9-23(27(16-24)30(31,32)33)18-39-14-12-26(19-39)38(2)3/h4-7,9-10,13,15-17,26,34H,12,14,18-19H2,1-3H3,(H,35,36)(H,37,40)/b5-4-,34-13?. The van der Waals surface area contributed by atoms with Gasteiger partial charge in [0.15, 0.2) is 0 Å². The van der Waals surface area contributed by atoms with E-state index in [1.54, 1.807) is 30.5 Å². The van der Waals surface area contributed by atoms with Crippen molar-refractivity contribution in [2.45, 2.75) is 32.1 Å². The first-order valence-electron chi connectivity index (χ1n) is 12.8. The first kappa shape index (κ1) is 28.8. The number of carbonyl (C=O) groups excluding carboxylic acids is 1. The predicted molar refractivity (Wildman–Crippen MR) is 150 cm³/mol. The Morgan fingerprint density at radius 2 is 2.05 bits per heavy atom. The summed E-state index contributed by atoms with van der Waals surface area (Å²) < 4.78 is 41.9. The van der Waals surface area contributed by atoms with Gasteiger partial charge in [-0.2, -0.15) is 13.2 Å². The Balaban J connectivity index is 1.50. The largest absolute Gasteiger partial charge is 0.416 e. The van der Waals surface area contributed by atoms with Crippen LogP contribution in [0.4, 0.5) is 18.9 Å². The van der Waals surface area contributed by atoms with E-state index in [1.807, 2.05) is 25.9 Å². The third-order valence-corrected chi connectivity index (χ3v) is 6.82. The number of allylic oxidation sites excluding steroid dienone is 1. The van der Waals surface area contributed by atoms with Gasteiger partial charge in [0.05, 0.1) is 11.8 Å². The minimum absolute atomic E-state index is 0.0739. The smallest absolute Gasteiger partial charge is 0.332 e. The molecule has 40 heavy (non-hydrogen) atoms. The summed E-state index contributed by atoms with van der Waals surface area (Å²) >= 11 is 0. The fourth-order valence-electron chi connectivity index (χ4n) is 4.53. The van der Waals surface area contributed by atoms with Crippen molar-refractivity contribution in [1.29, 1.82) is 5.41 Å². The van der Waals surface area contributed by atoms with E-state index in [0.717, 1.165) is 30.8 Å². The highest BCUT2D eigenvalue weighted by atomic mass is 19.4. The van der Waals surface area contributed by atoms with E-state index in [1.165, 1.54) is 18.2 Å². The highest BCUT2D eigenvalue weighted by Gasteiger charge is 2.35. The average molecular weight is 549 g/mol. The number of hydrogen-bond donors (Lipinski definition) is 3. The molecule has 1 saturated heterocycles. The van der Waals surface area contributed by atoms with Gasteiger partial charge in [-0.05, 0) is 80.9 Å². The predicted octanol–water partition coefficient (Wildman–Crippen LogP) is 5.19. The molecule has 208 valence electrons. The number of aryl methyl sites for hydroxylation is 1. The summed E-state index contributed by atoms with van der Waals surface area (Å²) in [6, 6.07) is 9.25. The van der Waals surface area contributed by atoms with Crippen molar-refractivity contribution >= 4 is 23.9 Å². The van der Waals surface area contributed by atoms with Crippen molar-refractivity contribution in [1.82, 2.24) is 19.8 Å². The minimum Gasteiger partial charge on any atom is -0.332 e. The molecule has 10 heteroatoms. The van der Waals surface area contributed by atoms with Gasteiger partial charge in [0.25, 0.3) is 5.91 Å². The van der Waals surface area contributed by atoms with E-state index in [4.69, 9.17) is 5.41 Å². The molecule has 1 atom stereocenters. The molecule has 0 radical (unpaired) electrons. The SMILES string of the molecule is Cc1ccc(C(=O)Nc2ccc(CN3CCC(N(C)C)C3)c(C(F)(F)F)c2)cc1C#Cc1cnc(/C=C\C=N)[nH]1. The molecule has 0 aliphatic carbocycles. The number of aromatic amines is 1. The molecule has 3 N–H and O–H groups in total. The van der Waals surface area contributed by atoms with Crippen molar-refractivity contribution < 1.29 is 18.0 Å². The van der Waals surface area contributed by atoms with Crippen molar-refractivity contribution in [3.8, 4) is 11.8 Å². The maximum absolute atomic E-state index is 14.0. The molecule has 0 spiro atoms. The number of anilines is 1. The van der Waals surface area contributed by atoms with Crippen LogP contribution >= 0.6 is 0 Å². The number of nitrogens with one attached hydrogen (secondary N) is 3. The Hall–Kier alpha value is -4.20. The molecule has 1 aliphatic rings. The van der Waals surface area contributed by atoms with Gasteiger partial charge in [0, 0.05) is 48.7 Å². The Labute approximate surface area is 231 Å². The molecule has 1 amide bonds. The summed E-state index contributed by atoms with van der Waals surface area (Å²) in [7, 11) is 3.96. The van der Waals surface area contributed by atoms with E-state index in [-0.39, 0.29) is 23.4 Å². The Kier molecular flexibility index (Phi) is 8.87. The lowest BCUT2D eigenvalue weighted by Gasteiger charge is -2.22. The maximum atomic E-state index is 14.0. The van der Waals surface area contributed by atoms with E-state index < -0.39 is 17.6 Å². The average Bonchev–Trinajstić information content (AvgIpc) is 3.57. The normalized spacial score (nSPS) is 15.8. The number of benzene rings is 2. The van der Waals surface area contributed by atoms with Gasteiger partial charge in [0.1, 0.15) is 11.5 Å². The van der Waals surface area contributed by atoms with Crippen molar-refractivity contribution in [2.75, 3.05) is 32.5 Å². The number of alkyl halides is 3. The van der Waals surface area contributed by atoms with Crippen LogP contribution in [0.5, 0.6) is 0 Å². The number of rotatable bonds is 7. The molecule has 1 aromatic heterocycles. The summed E-state index contributed by atoms with van der Waals surface area (Å²) in [6.07, 6.45) is 2.23. The molecular weight excluding hydrogens is 517 g/mol. The number of carbonyl (C=O) groups is 1. The van der Waals surface area contributed by atoms with Crippen LogP contribution in [-0.2, 0) is 12.7 Å². The summed E-state index contributed by atoms with van der Waals surface area (Å²) in [5.41, 5.74) is 1.80. The maximum Gasteiger partial charge on any atom is 0.416 e. The van der Waals surface area contributed by atoms with Crippen LogP contribution in [0.15, 0.2) is 48.7 Å². The molecule has 1 unspecified atom stereocenters. The Bertz CT molecular complexity index is 1480. The van der Waals surface area contributed by atoms with Gasteiger partial charge in [-0.3, -0.25) is 9.69 Å². The highest BCUT2D eigenvalue weighted by Crippen LogP contribution is 2.35. The van der Waals surface area contributed by atoms with Crippen LogP contribution in [0.2, 0.25) is 0 Å². The molecule has 0 bridgehead atoms. The van der Waals surface area contributed by atoms with Crippen LogP contribution < -0.4 is 5.32 Å². The molecule has 7 nitrogen and oxygen atoms in total. The second kappa shape index (κ2) is 12.3. The number of likely N-dealkylation sites (N-methyl/N-ethyl adjacent to an activating group) is 1. The first-order valence-corrected chi connectivity index (χ1v) is 12.8. The third kappa shape index (κ3) is 7.25. The molecular formula is C30H31F3N6O. The third-order valence-electron chi connectivity index (χ3n) is 6.82. The lowest BCUT2D eigenvalue weighted by Crippen LogP contribution is -2.31. The van der Waals surface area contributed by atoms with Crippen molar-refractivity contribution in [3.05, 3.63) is 88.0 Å². The summed E-state index contributed by atoms with van der Waals surface area (Å²) in [5.74, 6) is 6.00. The molecule has 1 aliphatic heterocycles. The molecule has 4 rings (SSSR count). The molecule has 1 fully saturated rings. The minimum atomic E-state index is -4.55. The fraction of sp³-hybridized carbons (Fsp3) is 0.300. The zero-order chi connectivity index (χ0) is 28.9. The lowest BCUT2D eigenvalue weighted by molar-refractivity contribution is -0.138. The Morgan fingerprint density at radius 1 is 1.25 bits per heavy atom. The molecule has 3 aromatic rings.